The molecule has 0 heterocycles. The van der Waals surface area contributed by atoms with Crippen LogP contribution in [0.15, 0.2) is 71.8 Å². The van der Waals surface area contributed by atoms with E-state index in [1.807, 2.05) is 24.3 Å². The third-order valence-corrected chi connectivity index (χ3v) is 4.07. The van der Waals surface area contributed by atoms with Crippen molar-refractivity contribution in [3.63, 3.8) is 0 Å². The highest BCUT2D eigenvalue weighted by molar-refractivity contribution is 6.30. The van der Waals surface area contributed by atoms with Crippen molar-refractivity contribution in [2.24, 2.45) is 5.10 Å². The van der Waals surface area contributed by atoms with Gasteiger partial charge in [0, 0.05) is 16.7 Å². The largest absolute Gasteiger partial charge is 0.508 e. The second-order valence-corrected chi connectivity index (χ2v) is 6.29. The Morgan fingerprint density at radius 1 is 1.07 bits per heavy atom. The van der Waals surface area contributed by atoms with Crippen LogP contribution in [0.4, 0.5) is 0 Å². The lowest BCUT2D eigenvalue weighted by molar-refractivity contribution is 0.0952. The van der Waals surface area contributed by atoms with E-state index in [0.29, 0.717) is 22.9 Å². The lowest BCUT2D eigenvalue weighted by atomic mass is 10.2. The van der Waals surface area contributed by atoms with Gasteiger partial charge in [-0.25, -0.2) is 5.43 Å². The van der Waals surface area contributed by atoms with E-state index in [-0.39, 0.29) is 17.1 Å². The number of carbonyl (C=O) groups is 1. The Labute approximate surface area is 166 Å². The van der Waals surface area contributed by atoms with E-state index in [0.717, 1.165) is 11.6 Å². The number of halogens is 1. The van der Waals surface area contributed by atoms with Gasteiger partial charge in [-0.2, -0.15) is 5.10 Å². The first-order valence-electron chi connectivity index (χ1n) is 8.34. The van der Waals surface area contributed by atoms with E-state index in [2.05, 4.69) is 10.5 Å². The highest BCUT2D eigenvalue weighted by Gasteiger charge is 2.10. The van der Waals surface area contributed by atoms with Crippen molar-refractivity contribution in [2.45, 2.75) is 6.61 Å². The molecular weight excluding hydrogens is 380 g/mol. The van der Waals surface area contributed by atoms with Gasteiger partial charge in [0.1, 0.15) is 23.9 Å². The van der Waals surface area contributed by atoms with Crippen LogP contribution in [-0.2, 0) is 6.61 Å². The number of nitrogens with one attached hydrogen (secondary N) is 1. The minimum absolute atomic E-state index is 0.00206. The number of benzene rings is 3. The molecule has 0 saturated carbocycles. The molecule has 0 unspecified atom stereocenters. The maximum atomic E-state index is 12.1. The van der Waals surface area contributed by atoms with E-state index < -0.39 is 5.91 Å². The summed E-state index contributed by atoms with van der Waals surface area (Å²) in [6.45, 7) is 0.357. The van der Waals surface area contributed by atoms with E-state index in [4.69, 9.17) is 16.3 Å². The molecule has 28 heavy (non-hydrogen) atoms. The molecule has 0 radical (unpaired) electrons. The molecule has 0 atom stereocenters. The van der Waals surface area contributed by atoms with E-state index in [9.17, 15) is 15.0 Å². The van der Waals surface area contributed by atoms with Crippen molar-refractivity contribution in [3.8, 4) is 17.2 Å². The number of para-hydroxylation sites is 1. The summed E-state index contributed by atoms with van der Waals surface area (Å²) in [4.78, 5) is 12.1. The van der Waals surface area contributed by atoms with Crippen LogP contribution < -0.4 is 10.2 Å². The first-order valence-corrected chi connectivity index (χ1v) is 8.72. The number of rotatable bonds is 6. The second-order valence-electron chi connectivity index (χ2n) is 5.85. The molecule has 0 aromatic heterocycles. The quantitative estimate of drug-likeness (QED) is 0.432. The SMILES string of the molecule is O=C(N/N=C/c1ccccc1OCc1ccc(Cl)cc1)c1ccc(O)cc1O. The molecule has 0 saturated heterocycles. The Bertz CT molecular complexity index is 1000. The second kappa shape index (κ2) is 8.92. The van der Waals surface area contributed by atoms with Crippen LogP contribution in [0.5, 0.6) is 17.2 Å². The molecule has 142 valence electrons. The lowest BCUT2D eigenvalue weighted by Crippen LogP contribution is -2.17. The summed E-state index contributed by atoms with van der Waals surface area (Å²) in [6.07, 6.45) is 1.45. The fourth-order valence-electron chi connectivity index (χ4n) is 2.39. The number of hydrazone groups is 1. The van der Waals surface area contributed by atoms with Gasteiger partial charge in [0.15, 0.2) is 0 Å². The van der Waals surface area contributed by atoms with Crippen LogP contribution in [0.25, 0.3) is 0 Å². The molecule has 0 bridgehead atoms. The predicted molar refractivity (Wildman–Crippen MR) is 107 cm³/mol. The van der Waals surface area contributed by atoms with Gasteiger partial charge in [-0.1, -0.05) is 35.9 Å². The van der Waals surface area contributed by atoms with E-state index in [1.54, 1.807) is 24.3 Å². The molecular formula is C21H17ClN2O4. The Hall–Kier alpha value is -3.51. The zero-order valence-corrected chi connectivity index (χ0v) is 15.4. The average Bonchev–Trinajstić information content (AvgIpc) is 2.68. The molecule has 3 N–H and O–H groups in total. The summed E-state index contributed by atoms with van der Waals surface area (Å²) in [5.74, 6) is -0.472. The van der Waals surface area contributed by atoms with Gasteiger partial charge in [-0.15, -0.1) is 0 Å². The van der Waals surface area contributed by atoms with Crippen molar-refractivity contribution in [1.29, 1.82) is 0 Å². The van der Waals surface area contributed by atoms with Gasteiger partial charge in [-0.05, 0) is 42.0 Å². The fourth-order valence-corrected chi connectivity index (χ4v) is 2.52. The maximum absolute atomic E-state index is 12.1. The number of nitrogens with zero attached hydrogens (tertiary/aromatic N) is 1. The van der Waals surface area contributed by atoms with Crippen LogP contribution in [-0.4, -0.2) is 22.3 Å². The molecule has 0 fully saturated rings. The summed E-state index contributed by atoms with van der Waals surface area (Å²) in [6, 6.07) is 18.3. The number of aromatic hydroxyl groups is 2. The molecule has 0 aliphatic rings. The third-order valence-electron chi connectivity index (χ3n) is 3.82. The van der Waals surface area contributed by atoms with Crippen LogP contribution >= 0.6 is 11.6 Å². The number of amides is 1. The first-order chi connectivity index (χ1) is 13.5. The first kappa shape index (κ1) is 19.3. The summed E-state index contributed by atoms with van der Waals surface area (Å²) < 4.78 is 5.82. The predicted octanol–water partition coefficient (Wildman–Crippen LogP) is 4.09. The van der Waals surface area contributed by atoms with Gasteiger partial charge >= 0.3 is 0 Å². The standard InChI is InChI=1S/C21H17ClN2O4/c22-16-7-5-14(6-8-16)13-28-20-4-2-1-3-15(20)12-23-24-21(27)18-10-9-17(25)11-19(18)26/h1-12,25-26H,13H2,(H,24,27)/b23-12+. The number of hydrogen-bond donors (Lipinski definition) is 3. The average molecular weight is 397 g/mol. The third kappa shape index (κ3) is 5.02. The summed E-state index contributed by atoms with van der Waals surface area (Å²) in [5.41, 5.74) is 3.97. The summed E-state index contributed by atoms with van der Waals surface area (Å²) >= 11 is 5.88. The van der Waals surface area contributed by atoms with Crippen LogP contribution in [0, 0.1) is 0 Å². The number of carbonyl (C=O) groups excluding carboxylic acids is 1. The Kier molecular flexibility index (Phi) is 6.14. The van der Waals surface area contributed by atoms with Gasteiger partial charge in [0.2, 0.25) is 0 Å². The number of phenolic OH excluding ortho intramolecular Hbond substituents is 2. The lowest BCUT2D eigenvalue weighted by Gasteiger charge is -2.09. The molecule has 0 aliphatic heterocycles. The van der Waals surface area contributed by atoms with E-state index >= 15 is 0 Å². The fraction of sp³-hybridized carbons (Fsp3) is 0.0476. The summed E-state index contributed by atoms with van der Waals surface area (Å²) in [7, 11) is 0. The Morgan fingerprint density at radius 2 is 1.82 bits per heavy atom. The molecule has 3 rings (SSSR count). The minimum Gasteiger partial charge on any atom is -0.508 e. The van der Waals surface area contributed by atoms with Crippen LogP contribution in [0.1, 0.15) is 21.5 Å². The topological polar surface area (TPSA) is 91.2 Å². The van der Waals surface area contributed by atoms with Gasteiger partial charge < -0.3 is 14.9 Å². The van der Waals surface area contributed by atoms with Gasteiger partial charge in [0.05, 0.1) is 11.8 Å². The Morgan fingerprint density at radius 3 is 2.57 bits per heavy atom. The molecule has 3 aromatic rings. The van der Waals surface area contributed by atoms with Crippen molar-refractivity contribution in [3.05, 3.63) is 88.4 Å². The van der Waals surface area contributed by atoms with Crippen molar-refractivity contribution in [1.82, 2.24) is 5.43 Å². The number of phenols is 2. The van der Waals surface area contributed by atoms with E-state index in [1.165, 1.54) is 18.3 Å². The van der Waals surface area contributed by atoms with Crippen molar-refractivity contribution < 1.29 is 19.7 Å². The normalized spacial score (nSPS) is 10.8. The zero-order valence-electron chi connectivity index (χ0n) is 14.7. The number of hydrogen-bond acceptors (Lipinski definition) is 5. The van der Waals surface area contributed by atoms with Gasteiger partial charge in [-0.3, -0.25) is 4.79 Å². The summed E-state index contributed by atoms with van der Waals surface area (Å²) in [5, 5.41) is 23.6. The van der Waals surface area contributed by atoms with Crippen molar-refractivity contribution in [2.75, 3.05) is 0 Å². The monoisotopic (exact) mass is 396 g/mol. The highest BCUT2D eigenvalue weighted by Crippen LogP contribution is 2.22. The molecule has 7 heteroatoms. The molecule has 0 aliphatic carbocycles. The highest BCUT2D eigenvalue weighted by atomic mass is 35.5. The van der Waals surface area contributed by atoms with Crippen LogP contribution in [0.3, 0.4) is 0 Å². The smallest absolute Gasteiger partial charge is 0.275 e. The zero-order chi connectivity index (χ0) is 19.9. The van der Waals surface area contributed by atoms with Gasteiger partial charge in [0.25, 0.3) is 5.91 Å². The maximum Gasteiger partial charge on any atom is 0.275 e. The molecule has 3 aromatic carbocycles. The molecule has 0 spiro atoms. The molecule has 1 amide bonds. The Balaban J connectivity index is 1.65. The molecule has 6 nitrogen and oxygen atoms in total. The number of ether oxygens (including phenoxy) is 1. The van der Waals surface area contributed by atoms with Crippen LogP contribution in [0.2, 0.25) is 5.02 Å². The van der Waals surface area contributed by atoms with Crippen molar-refractivity contribution >= 4 is 23.7 Å². The minimum atomic E-state index is -0.603.